The van der Waals surface area contributed by atoms with Gasteiger partial charge in [-0.05, 0) is 49.0 Å². The minimum absolute atomic E-state index is 0.0209. The summed E-state index contributed by atoms with van der Waals surface area (Å²) in [5.74, 6) is 0.853. The molecule has 0 amide bonds. The minimum atomic E-state index is -3.36. The van der Waals surface area contributed by atoms with Crippen LogP contribution in [0.1, 0.15) is 5.56 Å². The Kier molecular flexibility index (Phi) is 7.28. The number of pyridine rings is 1. The first-order valence-electron chi connectivity index (χ1n) is 9.30. The maximum absolute atomic E-state index is 12.6. The highest BCUT2D eigenvalue weighted by atomic mass is 35.5. The van der Waals surface area contributed by atoms with Gasteiger partial charge in [0.25, 0.3) is 0 Å². The first-order valence-corrected chi connectivity index (χ1v) is 11.7. The van der Waals surface area contributed by atoms with Gasteiger partial charge >= 0.3 is 0 Å². The zero-order valence-corrected chi connectivity index (χ0v) is 18.5. The molecule has 0 spiro atoms. The molecule has 0 atom stereocenters. The summed E-state index contributed by atoms with van der Waals surface area (Å²) in [6.07, 6.45) is 1.74. The molecule has 2 aromatic rings. The van der Waals surface area contributed by atoms with Gasteiger partial charge in [0.15, 0.2) is 5.11 Å². The number of hydrogen-bond acceptors (Lipinski definition) is 5. The van der Waals surface area contributed by atoms with E-state index in [1.165, 1.54) is 4.31 Å². The van der Waals surface area contributed by atoms with Crippen molar-refractivity contribution in [3.05, 3.63) is 53.2 Å². The predicted molar refractivity (Wildman–Crippen MR) is 122 cm³/mol. The highest BCUT2D eigenvalue weighted by Crippen LogP contribution is 2.22. The molecule has 1 aromatic carbocycles. The zero-order chi connectivity index (χ0) is 20.9. The summed E-state index contributed by atoms with van der Waals surface area (Å²) in [5.41, 5.74) is 1.68. The van der Waals surface area contributed by atoms with Crippen molar-refractivity contribution in [2.75, 3.05) is 48.7 Å². The van der Waals surface area contributed by atoms with Gasteiger partial charge in [-0.1, -0.05) is 23.7 Å². The summed E-state index contributed by atoms with van der Waals surface area (Å²) in [6.45, 7) is 4.26. The van der Waals surface area contributed by atoms with Crippen molar-refractivity contribution in [1.82, 2.24) is 14.6 Å². The van der Waals surface area contributed by atoms with Crippen molar-refractivity contribution < 1.29 is 8.42 Å². The molecule has 29 heavy (non-hydrogen) atoms. The van der Waals surface area contributed by atoms with Crippen molar-refractivity contribution in [1.29, 1.82) is 0 Å². The van der Waals surface area contributed by atoms with Gasteiger partial charge in [-0.2, -0.15) is 4.31 Å². The summed E-state index contributed by atoms with van der Waals surface area (Å²) in [7, 11) is -3.36. The van der Waals surface area contributed by atoms with Crippen molar-refractivity contribution >= 4 is 50.5 Å². The highest BCUT2D eigenvalue weighted by molar-refractivity contribution is 7.89. The zero-order valence-electron chi connectivity index (χ0n) is 16.1. The fraction of sp³-hybridized carbons (Fsp3) is 0.368. The van der Waals surface area contributed by atoms with Crippen LogP contribution in [0, 0.1) is 6.92 Å². The van der Waals surface area contributed by atoms with Crippen LogP contribution >= 0.6 is 23.8 Å². The molecule has 0 saturated carbocycles. The van der Waals surface area contributed by atoms with Crippen molar-refractivity contribution in [2.24, 2.45) is 0 Å². The van der Waals surface area contributed by atoms with Gasteiger partial charge in [-0.3, -0.25) is 0 Å². The minimum Gasteiger partial charge on any atom is -0.361 e. The maximum Gasteiger partial charge on any atom is 0.215 e. The first kappa shape index (κ1) is 21.8. The Balaban J connectivity index is 1.45. The van der Waals surface area contributed by atoms with Gasteiger partial charge in [0, 0.05) is 49.6 Å². The molecule has 2 heterocycles. The largest absolute Gasteiger partial charge is 0.361 e. The van der Waals surface area contributed by atoms with Crippen molar-refractivity contribution in [3.63, 3.8) is 0 Å². The van der Waals surface area contributed by atoms with E-state index < -0.39 is 10.0 Å². The van der Waals surface area contributed by atoms with E-state index in [0.717, 1.165) is 17.1 Å². The number of piperazine rings is 1. The molecule has 0 aliphatic carbocycles. The Morgan fingerprint density at radius 1 is 1.17 bits per heavy atom. The molecule has 0 radical (unpaired) electrons. The Labute approximate surface area is 182 Å². The Morgan fingerprint density at radius 2 is 1.93 bits per heavy atom. The van der Waals surface area contributed by atoms with Crippen LogP contribution in [0.3, 0.4) is 0 Å². The summed E-state index contributed by atoms with van der Waals surface area (Å²) in [4.78, 5) is 6.42. The summed E-state index contributed by atoms with van der Waals surface area (Å²) < 4.78 is 26.8. The lowest BCUT2D eigenvalue weighted by molar-refractivity contribution is 0.384. The van der Waals surface area contributed by atoms with E-state index in [4.69, 9.17) is 23.8 Å². The topological polar surface area (TPSA) is 77.6 Å². The molecule has 1 saturated heterocycles. The molecule has 1 aliphatic heterocycles. The predicted octanol–water partition coefficient (Wildman–Crippen LogP) is 2.48. The molecule has 156 valence electrons. The number of halogens is 1. The second-order valence-corrected chi connectivity index (χ2v) is 9.59. The molecule has 2 N–H and O–H groups in total. The van der Waals surface area contributed by atoms with Crippen LogP contribution in [0.4, 0.5) is 11.5 Å². The summed E-state index contributed by atoms with van der Waals surface area (Å²) >= 11 is 11.4. The van der Waals surface area contributed by atoms with E-state index in [0.29, 0.717) is 36.3 Å². The molecule has 10 heteroatoms. The lowest BCUT2D eigenvalue weighted by Crippen LogP contribution is -2.50. The van der Waals surface area contributed by atoms with E-state index in [-0.39, 0.29) is 12.3 Å². The number of sulfonamides is 1. The Morgan fingerprint density at radius 3 is 2.62 bits per heavy atom. The number of anilines is 2. The normalized spacial score (nSPS) is 15.2. The third-order valence-corrected chi connectivity index (χ3v) is 7.29. The monoisotopic (exact) mass is 453 g/mol. The van der Waals surface area contributed by atoms with Crippen LogP contribution in [0.2, 0.25) is 5.02 Å². The average Bonchev–Trinajstić information content (AvgIpc) is 2.72. The lowest BCUT2D eigenvalue weighted by atomic mass is 10.2. The van der Waals surface area contributed by atoms with E-state index in [9.17, 15) is 8.42 Å². The number of nitrogens with one attached hydrogen (secondary N) is 2. The average molecular weight is 454 g/mol. The maximum atomic E-state index is 12.6. The van der Waals surface area contributed by atoms with Crippen LogP contribution in [0.25, 0.3) is 0 Å². The van der Waals surface area contributed by atoms with Crippen LogP contribution in [-0.2, 0) is 10.0 Å². The Bertz CT molecular complexity index is 948. The highest BCUT2D eigenvalue weighted by Gasteiger charge is 2.27. The summed E-state index contributed by atoms with van der Waals surface area (Å²) in [5, 5.41) is 7.02. The molecular weight excluding hydrogens is 430 g/mol. The first-order chi connectivity index (χ1) is 13.9. The Hall–Kier alpha value is -1.94. The number of aromatic nitrogens is 1. The number of thiocarbonyl (C=S) groups is 1. The fourth-order valence-electron chi connectivity index (χ4n) is 3.07. The third-order valence-electron chi connectivity index (χ3n) is 4.77. The van der Waals surface area contributed by atoms with E-state index in [2.05, 4.69) is 20.5 Å². The SMILES string of the molecule is Cc1c(Cl)cccc1NC(=S)NCCS(=O)(=O)N1CCN(c2ccccn2)CC1. The number of nitrogens with zero attached hydrogens (tertiary/aromatic N) is 3. The van der Waals surface area contributed by atoms with E-state index in [1.807, 2.05) is 37.3 Å². The smallest absolute Gasteiger partial charge is 0.215 e. The van der Waals surface area contributed by atoms with Gasteiger partial charge in [-0.15, -0.1) is 0 Å². The van der Waals surface area contributed by atoms with Crippen LogP contribution < -0.4 is 15.5 Å². The second kappa shape index (κ2) is 9.71. The van der Waals surface area contributed by atoms with Gasteiger partial charge in [0.2, 0.25) is 10.0 Å². The second-order valence-electron chi connectivity index (χ2n) is 6.68. The van der Waals surface area contributed by atoms with Gasteiger partial charge in [0.05, 0.1) is 5.75 Å². The quantitative estimate of drug-likeness (QED) is 0.650. The molecule has 1 aliphatic rings. The van der Waals surface area contributed by atoms with Gasteiger partial charge < -0.3 is 15.5 Å². The standard InChI is InChI=1S/C19H24ClN5O2S2/c1-15-16(20)5-4-6-17(15)23-19(28)22-9-14-29(26,27)25-12-10-24(11-13-25)18-7-2-3-8-21-18/h2-8H,9-14H2,1H3,(H2,22,23,28). The molecule has 7 nitrogen and oxygen atoms in total. The molecule has 0 unspecified atom stereocenters. The molecule has 1 fully saturated rings. The molecule has 3 rings (SSSR count). The number of rotatable bonds is 6. The third kappa shape index (κ3) is 5.79. The lowest BCUT2D eigenvalue weighted by Gasteiger charge is -2.34. The van der Waals surface area contributed by atoms with Crippen molar-refractivity contribution in [3.8, 4) is 0 Å². The fourth-order valence-corrected chi connectivity index (χ4v) is 4.79. The molecule has 1 aromatic heterocycles. The number of benzene rings is 1. The van der Waals surface area contributed by atoms with E-state index >= 15 is 0 Å². The molecular formula is C19H24ClN5O2S2. The van der Waals surface area contributed by atoms with E-state index in [1.54, 1.807) is 12.3 Å². The molecule has 0 bridgehead atoms. The number of hydrogen-bond donors (Lipinski definition) is 2. The summed E-state index contributed by atoms with van der Waals surface area (Å²) in [6, 6.07) is 11.2. The van der Waals surface area contributed by atoms with Crippen LogP contribution in [0.5, 0.6) is 0 Å². The van der Waals surface area contributed by atoms with Crippen LogP contribution in [0.15, 0.2) is 42.6 Å². The van der Waals surface area contributed by atoms with Gasteiger partial charge in [0.1, 0.15) is 5.82 Å². The van der Waals surface area contributed by atoms with Gasteiger partial charge in [-0.25, -0.2) is 13.4 Å². The van der Waals surface area contributed by atoms with Crippen LogP contribution in [-0.4, -0.2) is 61.3 Å². The van der Waals surface area contributed by atoms with Crippen molar-refractivity contribution in [2.45, 2.75) is 6.92 Å².